The third-order valence-electron chi connectivity index (χ3n) is 6.94. The highest BCUT2D eigenvalue weighted by molar-refractivity contribution is 5.59. The molecule has 154 valence electrons. The van der Waals surface area contributed by atoms with Gasteiger partial charge in [-0.15, -0.1) is 0 Å². The van der Waals surface area contributed by atoms with Gasteiger partial charge < -0.3 is 9.51 Å². The van der Waals surface area contributed by atoms with Crippen LogP contribution in [0.3, 0.4) is 0 Å². The maximum Gasteiger partial charge on any atom is 0.0992 e. The zero-order valence-electron chi connectivity index (χ0n) is 17.3. The van der Waals surface area contributed by atoms with E-state index in [-0.39, 0.29) is 0 Å². The van der Waals surface area contributed by atoms with Gasteiger partial charge in [-0.25, -0.2) is 4.98 Å². The van der Waals surface area contributed by atoms with Crippen molar-refractivity contribution in [3.8, 4) is 0 Å². The number of nitrogens with zero attached hydrogens (tertiary/aromatic N) is 3. The van der Waals surface area contributed by atoms with E-state index in [1.807, 2.05) is 35.4 Å². The summed E-state index contributed by atoms with van der Waals surface area (Å²) in [6.07, 6.45) is 21.9. The molecule has 0 spiro atoms. The maximum atomic E-state index is 11.5. The Morgan fingerprint density at radius 1 is 1.00 bits per heavy atom. The highest BCUT2D eigenvalue weighted by atomic mass is 16.3. The van der Waals surface area contributed by atoms with Crippen LogP contribution in [0.25, 0.3) is 11.6 Å². The zero-order chi connectivity index (χ0) is 20.5. The van der Waals surface area contributed by atoms with Gasteiger partial charge in [-0.3, -0.25) is 4.98 Å². The molecule has 0 amide bonds. The number of imidazole rings is 1. The summed E-state index contributed by atoms with van der Waals surface area (Å²) in [5.74, 6) is 1.44. The minimum Gasteiger partial charge on any atom is -0.388 e. The van der Waals surface area contributed by atoms with E-state index in [4.69, 9.17) is 0 Å². The summed E-state index contributed by atoms with van der Waals surface area (Å²) < 4.78 is 2.05. The van der Waals surface area contributed by atoms with E-state index in [0.29, 0.717) is 17.8 Å². The molecule has 3 heterocycles. The fourth-order valence-corrected chi connectivity index (χ4v) is 5.18. The SMILES string of the molecule is C=C/C=C\c1cnccc1C1CCC(C(O)c2c(C3CC3)ccn3cncc23)CC1. The van der Waals surface area contributed by atoms with Crippen LogP contribution in [0.4, 0.5) is 0 Å². The summed E-state index contributed by atoms with van der Waals surface area (Å²) in [4.78, 5) is 8.63. The van der Waals surface area contributed by atoms with Crippen molar-refractivity contribution in [1.82, 2.24) is 14.4 Å². The summed E-state index contributed by atoms with van der Waals surface area (Å²) in [5, 5.41) is 11.5. The molecular formula is C26H29N3O. The first-order valence-electron chi connectivity index (χ1n) is 11.1. The van der Waals surface area contributed by atoms with Crippen molar-refractivity contribution >= 4 is 11.6 Å². The van der Waals surface area contributed by atoms with Gasteiger partial charge in [0.1, 0.15) is 0 Å². The van der Waals surface area contributed by atoms with Gasteiger partial charge in [-0.05, 0) is 85.1 Å². The first-order valence-corrected chi connectivity index (χ1v) is 11.1. The molecule has 1 unspecified atom stereocenters. The van der Waals surface area contributed by atoms with Crippen LogP contribution in [0.2, 0.25) is 0 Å². The molecule has 0 aromatic carbocycles. The Morgan fingerprint density at radius 2 is 1.77 bits per heavy atom. The Labute approximate surface area is 178 Å². The van der Waals surface area contributed by atoms with E-state index in [2.05, 4.69) is 41.0 Å². The Balaban J connectivity index is 1.36. The lowest BCUT2D eigenvalue weighted by molar-refractivity contribution is 0.0810. The van der Waals surface area contributed by atoms with Crippen molar-refractivity contribution in [2.75, 3.05) is 0 Å². The van der Waals surface area contributed by atoms with Crippen molar-refractivity contribution in [1.29, 1.82) is 0 Å². The van der Waals surface area contributed by atoms with Crippen molar-refractivity contribution in [3.05, 3.63) is 84.2 Å². The second-order valence-electron chi connectivity index (χ2n) is 8.80. The second kappa shape index (κ2) is 8.19. The Hall–Kier alpha value is -2.72. The zero-order valence-corrected chi connectivity index (χ0v) is 17.3. The number of pyridine rings is 2. The number of rotatable bonds is 6. The van der Waals surface area contributed by atoms with Crippen molar-refractivity contribution < 1.29 is 5.11 Å². The lowest BCUT2D eigenvalue weighted by atomic mass is 9.74. The summed E-state index contributed by atoms with van der Waals surface area (Å²) in [7, 11) is 0. The molecule has 4 heteroatoms. The standard InChI is InChI=1S/C26H29N3O/c1-2-3-4-21-15-27-13-11-22(21)18-7-9-20(10-8-18)26(30)25-23(19-5-6-19)12-14-29-17-28-16-24(25)29/h2-4,11-20,26,30H,1,5-10H2/b4-3-. The lowest BCUT2D eigenvalue weighted by Gasteiger charge is -2.33. The largest absolute Gasteiger partial charge is 0.388 e. The molecule has 0 radical (unpaired) electrons. The number of hydrogen-bond donors (Lipinski definition) is 1. The smallest absolute Gasteiger partial charge is 0.0992 e. The Bertz CT molecular complexity index is 1070. The Morgan fingerprint density at radius 3 is 2.53 bits per heavy atom. The molecule has 5 rings (SSSR count). The number of hydrogen-bond acceptors (Lipinski definition) is 3. The molecule has 30 heavy (non-hydrogen) atoms. The van der Waals surface area contributed by atoms with Crippen LogP contribution >= 0.6 is 0 Å². The van der Waals surface area contributed by atoms with Gasteiger partial charge in [-0.1, -0.05) is 24.8 Å². The third kappa shape index (κ3) is 3.61. The molecule has 2 aliphatic carbocycles. The summed E-state index contributed by atoms with van der Waals surface area (Å²) >= 11 is 0. The van der Waals surface area contributed by atoms with E-state index in [1.54, 1.807) is 6.08 Å². The van der Waals surface area contributed by atoms with Gasteiger partial charge in [0.2, 0.25) is 0 Å². The lowest BCUT2D eigenvalue weighted by Crippen LogP contribution is -2.21. The number of aromatic nitrogens is 3. The molecule has 1 N–H and O–H groups in total. The average Bonchev–Trinajstić information content (AvgIpc) is 3.53. The highest BCUT2D eigenvalue weighted by Gasteiger charge is 2.34. The minimum absolute atomic E-state index is 0.300. The van der Waals surface area contributed by atoms with E-state index < -0.39 is 6.10 Å². The number of fused-ring (bicyclic) bond motifs is 1. The maximum absolute atomic E-state index is 11.5. The molecule has 2 saturated carbocycles. The quantitative estimate of drug-likeness (QED) is 0.532. The average molecular weight is 400 g/mol. The predicted octanol–water partition coefficient (Wildman–Crippen LogP) is 5.81. The van der Waals surface area contributed by atoms with Gasteiger partial charge in [0.25, 0.3) is 0 Å². The van der Waals surface area contributed by atoms with Crippen LogP contribution in [0.5, 0.6) is 0 Å². The van der Waals surface area contributed by atoms with Gasteiger partial charge in [0, 0.05) is 24.2 Å². The monoisotopic (exact) mass is 399 g/mol. The van der Waals surface area contributed by atoms with Crippen LogP contribution in [-0.4, -0.2) is 19.5 Å². The van der Waals surface area contributed by atoms with Crippen LogP contribution in [0.15, 0.2) is 62.0 Å². The molecule has 2 fully saturated rings. The Kier molecular flexibility index (Phi) is 5.26. The molecule has 0 aliphatic heterocycles. The van der Waals surface area contributed by atoms with Gasteiger partial charge in [0.15, 0.2) is 0 Å². The van der Waals surface area contributed by atoms with E-state index in [9.17, 15) is 5.11 Å². The normalized spacial score (nSPS) is 23.1. The number of allylic oxidation sites excluding steroid dienone is 2. The molecule has 4 nitrogen and oxygen atoms in total. The van der Waals surface area contributed by atoms with Gasteiger partial charge in [0.05, 0.1) is 24.1 Å². The van der Waals surface area contributed by atoms with Gasteiger partial charge in [-0.2, -0.15) is 0 Å². The summed E-state index contributed by atoms with van der Waals surface area (Å²) in [6, 6.07) is 4.36. The molecule has 1 atom stereocenters. The minimum atomic E-state index is -0.417. The first kappa shape index (κ1) is 19.3. The third-order valence-corrected chi connectivity index (χ3v) is 6.94. The number of aliphatic hydroxyl groups is 1. The molecule has 0 bridgehead atoms. The van der Waals surface area contributed by atoms with Crippen LogP contribution in [0.1, 0.15) is 78.7 Å². The topological polar surface area (TPSA) is 50.4 Å². The van der Waals surface area contributed by atoms with Crippen molar-refractivity contribution in [2.45, 2.75) is 56.5 Å². The predicted molar refractivity (Wildman–Crippen MR) is 120 cm³/mol. The fraction of sp³-hybridized carbons (Fsp3) is 0.385. The molecule has 2 aliphatic rings. The number of aliphatic hydroxyl groups excluding tert-OH is 1. The van der Waals surface area contributed by atoms with Crippen molar-refractivity contribution in [2.24, 2.45) is 5.92 Å². The van der Waals surface area contributed by atoms with E-state index >= 15 is 0 Å². The second-order valence-corrected chi connectivity index (χ2v) is 8.80. The van der Waals surface area contributed by atoms with Crippen LogP contribution < -0.4 is 0 Å². The highest BCUT2D eigenvalue weighted by Crippen LogP contribution is 2.48. The fourth-order valence-electron chi connectivity index (χ4n) is 5.18. The van der Waals surface area contributed by atoms with Crippen LogP contribution in [0, 0.1) is 5.92 Å². The molecule has 3 aromatic heterocycles. The summed E-state index contributed by atoms with van der Waals surface area (Å²) in [6.45, 7) is 3.78. The molecule has 3 aromatic rings. The van der Waals surface area contributed by atoms with E-state index in [0.717, 1.165) is 36.8 Å². The van der Waals surface area contributed by atoms with E-state index in [1.165, 1.54) is 29.5 Å². The van der Waals surface area contributed by atoms with Crippen LogP contribution in [-0.2, 0) is 0 Å². The van der Waals surface area contributed by atoms with Crippen molar-refractivity contribution in [3.63, 3.8) is 0 Å². The molecular weight excluding hydrogens is 370 g/mol. The first-order chi connectivity index (χ1) is 14.8. The summed E-state index contributed by atoms with van der Waals surface area (Å²) in [5.41, 5.74) is 6.08. The van der Waals surface area contributed by atoms with Gasteiger partial charge >= 0.3 is 0 Å². The molecule has 0 saturated heterocycles.